The lowest BCUT2D eigenvalue weighted by molar-refractivity contribution is 0.107. The summed E-state index contributed by atoms with van der Waals surface area (Å²) in [6, 6.07) is 0. The van der Waals surface area contributed by atoms with Gasteiger partial charge in [0.15, 0.2) is 6.23 Å². The molecule has 0 N–H and O–H groups in total. The van der Waals surface area contributed by atoms with E-state index in [-0.39, 0.29) is 5.25 Å². The Kier molecular flexibility index (Phi) is 3.62. The number of nitrogens with zero attached hydrogens (tertiary/aromatic N) is 2. The third-order valence-corrected chi connectivity index (χ3v) is 6.19. The first kappa shape index (κ1) is 13.1. The summed E-state index contributed by atoms with van der Waals surface area (Å²) in [6.07, 6.45) is 11.3. The Morgan fingerprint density at radius 1 is 1.11 bits per heavy atom. The monoisotopic (exact) mass is 284 g/mol. The molecule has 3 atom stereocenters. The van der Waals surface area contributed by atoms with E-state index < -0.39 is 16.3 Å². The van der Waals surface area contributed by atoms with Crippen molar-refractivity contribution < 1.29 is 12.6 Å². The maximum Gasteiger partial charge on any atom is 0.272 e. The van der Waals surface area contributed by atoms with Crippen molar-refractivity contribution in [1.29, 1.82) is 0 Å². The molecule has 3 unspecified atom stereocenters. The molecule has 0 amide bonds. The highest BCUT2D eigenvalue weighted by molar-refractivity contribution is 7.87. The second-order valence-electron chi connectivity index (χ2n) is 5.57. The molecule has 106 valence electrons. The average molecular weight is 284 g/mol. The van der Waals surface area contributed by atoms with Crippen molar-refractivity contribution in [1.82, 2.24) is 9.55 Å². The molecule has 0 radical (unpaired) electrons. The van der Waals surface area contributed by atoms with Gasteiger partial charge in [0.25, 0.3) is 10.1 Å². The standard InChI is InChI=1S/C13H20N2O3S/c16-19(17)12-6-2-1-4-11(12)5-3-7-13(18-19)15-9-8-14-10-15/h8-13H,1-7H2. The predicted molar refractivity (Wildman–Crippen MR) is 70.9 cm³/mol. The Bertz CT molecular complexity index is 512. The van der Waals surface area contributed by atoms with Crippen molar-refractivity contribution in [2.24, 2.45) is 5.92 Å². The van der Waals surface area contributed by atoms with E-state index in [2.05, 4.69) is 4.98 Å². The molecule has 1 aliphatic heterocycles. The molecule has 0 spiro atoms. The van der Waals surface area contributed by atoms with E-state index in [1.807, 2.05) is 0 Å². The van der Waals surface area contributed by atoms with Crippen LogP contribution in [-0.4, -0.2) is 23.2 Å². The lowest BCUT2D eigenvalue weighted by Gasteiger charge is -2.34. The number of hydrogen-bond donors (Lipinski definition) is 0. The van der Waals surface area contributed by atoms with Crippen LogP contribution in [0.2, 0.25) is 0 Å². The molecule has 2 aliphatic rings. The van der Waals surface area contributed by atoms with Crippen LogP contribution in [0.3, 0.4) is 0 Å². The van der Waals surface area contributed by atoms with Crippen LogP contribution in [0.25, 0.3) is 0 Å². The Morgan fingerprint density at radius 3 is 2.68 bits per heavy atom. The molecule has 2 fully saturated rings. The molecule has 19 heavy (non-hydrogen) atoms. The molecule has 3 rings (SSSR count). The Morgan fingerprint density at radius 2 is 1.89 bits per heavy atom. The molecule has 1 saturated heterocycles. The normalized spacial score (nSPS) is 35.1. The smallest absolute Gasteiger partial charge is 0.272 e. The minimum Gasteiger partial charge on any atom is -0.310 e. The fraction of sp³-hybridized carbons (Fsp3) is 0.769. The molecule has 5 nitrogen and oxygen atoms in total. The third kappa shape index (κ3) is 2.69. The maximum atomic E-state index is 12.4. The Labute approximate surface area is 114 Å². The minimum absolute atomic E-state index is 0.294. The summed E-state index contributed by atoms with van der Waals surface area (Å²) in [5.74, 6) is 0.294. The van der Waals surface area contributed by atoms with Crippen LogP contribution in [0.1, 0.15) is 51.2 Å². The zero-order valence-corrected chi connectivity index (χ0v) is 11.8. The van der Waals surface area contributed by atoms with E-state index in [4.69, 9.17) is 4.18 Å². The van der Waals surface area contributed by atoms with Crippen LogP contribution < -0.4 is 0 Å². The van der Waals surface area contributed by atoms with Crippen LogP contribution >= 0.6 is 0 Å². The van der Waals surface area contributed by atoms with Crippen LogP contribution in [0.4, 0.5) is 0 Å². The summed E-state index contributed by atoms with van der Waals surface area (Å²) in [4.78, 5) is 3.97. The molecular formula is C13H20N2O3S. The van der Waals surface area contributed by atoms with Crippen molar-refractivity contribution >= 4 is 10.1 Å². The van der Waals surface area contributed by atoms with E-state index in [1.54, 1.807) is 23.3 Å². The average Bonchev–Trinajstić information content (AvgIpc) is 2.90. The zero-order valence-electron chi connectivity index (χ0n) is 10.9. The van der Waals surface area contributed by atoms with Crippen molar-refractivity contribution in [3.05, 3.63) is 18.7 Å². The lowest BCUT2D eigenvalue weighted by Crippen LogP contribution is -2.37. The van der Waals surface area contributed by atoms with E-state index in [0.717, 1.165) is 44.9 Å². The number of imidazole rings is 1. The van der Waals surface area contributed by atoms with Crippen molar-refractivity contribution in [3.8, 4) is 0 Å². The topological polar surface area (TPSA) is 61.2 Å². The first-order valence-electron chi connectivity index (χ1n) is 7.06. The maximum absolute atomic E-state index is 12.4. The van der Waals surface area contributed by atoms with Gasteiger partial charge in [0.05, 0.1) is 11.6 Å². The quantitative estimate of drug-likeness (QED) is 0.743. The van der Waals surface area contributed by atoms with Crippen LogP contribution in [0.15, 0.2) is 18.7 Å². The number of aromatic nitrogens is 2. The van der Waals surface area contributed by atoms with Gasteiger partial charge >= 0.3 is 0 Å². The molecule has 1 aromatic heterocycles. The summed E-state index contributed by atoms with van der Waals surface area (Å²) in [6.45, 7) is 0. The van der Waals surface area contributed by atoms with Crippen LogP contribution in [-0.2, 0) is 14.3 Å². The van der Waals surface area contributed by atoms with Gasteiger partial charge in [-0.1, -0.05) is 12.8 Å². The summed E-state index contributed by atoms with van der Waals surface area (Å²) in [7, 11) is -3.47. The minimum atomic E-state index is -3.47. The van der Waals surface area contributed by atoms with Gasteiger partial charge in [-0.2, -0.15) is 8.42 Å². The fourth-order valence-corrected chi connectivity index (χ4v) is 5.20. The van der Waals surface area contributed by atoms with Gasteiger partial charge in [-0.25, -0.2) is 9.17 Å². The number of hydrogen-bond acceptors (Lipinski definition) is 4. The van der Waals surface area contributed by atoms with Crippen molar-refractivity contribution in [2.75, 3.05) is 0 Å². The van der Waals surface area contributed by atoms with Crippen LogP contribution in [0, 0.1) is 5.92 Å². The summed E-state index contributed by atoms with van der Waals surface area (Å²) in [5, 5.41) is -0.299. The van der Waals surface area contributed by atoms with Gasteiger partial charge in [-0.15, -0.1) is 0 Å². The van der Waals surface area contributed by atoms with Gasteiger partial charge in [0.2, 0.25) is 0 Å². The molecule has 2 heterocycles. The summed E-state index contributed by atoms with van der Waals surface area (Å²) >= 11 is 0. The van der Waals surface area contributed by atoms with Gasteiger partial charge in [-0.3, -0.25) is 0 Å². The molecule has 1 aromatic rings. The van der Waals surface area contributed by atoms with Gasteiger partial charge in [-0.05, 0) is 38.0 Å². The van der Waals surface area contributed by atoms with Crippen molar-refractivity contribution in [2.45, 2.75) is 56.4 Å². The van der Waals surface area contributed by atoms with E-state index in [0.29, 0.717) is 5.92 Å². The van der Waals surface area contributed by atoms with Gasteiger partial charge in [0, 0.05) is 12.4 Å². The first-order chi connectivity index (χ1) is 9.17. The first-order valence-corrected chi connectivity index (χ1v) is 8.53. The van der Waals surface area contributed by atoms with Gasteiger partial charge < -0.3 is 4.57 Å². The zero-order chi connectivity index (χ0) is 13.3. The van der Waals surface area contributed by atoms with Gasteiger partial charge in [0.1, 0.15) is 0 Å². The highest BCUT2D eigenvalue weighted by Crippen LogP contribution is 2.38. The summed E-state index contributed by atoms with van der Waals surface area (Å²) in [5.41, 5.74) is 0. The second kappa shape index (κ2) is 5.25. The Hall–Kier alpha value is -0.880. The Balaban J connectivity index is 1.84. The molecule has 1 aliphatic carbocycles. The second-order valence-corrected chi connectivity index (χ2v) is 7.35. The third-order valence-electron chi connectivity index (χ3n) is 4.34. The van der Waals surface area contributed by atoms with Crippen LogP contribution in [0.5, 0.6) is 0 Å². The lowest BCUT2D eigenvalue weighted by atomic mass is 9.85. The van der Waals surface area contributed by atoms with Crippen molar-refractivity contribution in [3.63, 3.8) is 0 Å². The van der Waals surface area contributed by atoms with E-state index in [1.165, 1.54) is 0 Å². The summed E-state index contributed by atoms with van der Waals surface area (Å²) < 4.78 is 32.1. The molecule has 0 aromatic carbocycles. The van der Waals surface area contributed by atoms with E-state index >= 15 is 0 Å². The largest absolute Gasteiger partial charge is 0.310 e. The molecule has 0 bridgehead atoms. The molecule has 6 heteroatoms. The SMILES string of the molecule is O=S1(=O)OC(n2ccnc2)CCCC2CCCCC21. The number of rotatable bonds is 1. The number of fused-ring (bicyclic) bond motifs is 1. The highest BCUT2D eigenvalue weighted by atomic mass is 32.2. The van der Waals surface area contributed by atoms with E-state index in [9.17, 15) is 8.42 Å². The highest BCUT2D eigenvalue weighted by Gasteiger charge is 2.39. The fourth-order valence-electron chi connectivity index (χ4n) is 3.35. The molecule has 1 saturated carbocycles. The molecular weight excluding hydrogens is 264 g/mol. The predicted octanol–water partition coefficient (Wildman–Crippen LogP) is 2.47.